The van der Waals surface area contributed by atoms with E-state index in [1.165, 1.54) is 0 Å². The number of ether oxygens (including phenoxy) is 1. The molecule has 0 saturated carbocycles. The van der Waals surface area contributed by atoms with E-state index in [0.29, 0.717) is 48.3 Å². The Morgan fingerprint density at radius 3 is 1.43 bits per heavy atom. The second-order valence-corrected chi connectivity index (χ2v) is 20.5. The highest BCUT2D eigenvalue weighted by Crippen LogP contribution is 2.45. The van der Waals surface area contributed by atoms with Gasteiger partial charge in [-0.05, 0) is 144 Å². The Morgan fingerprint density at radius 2 is 0.986 bits per heavy atom. The number of hydrogen-bond acceptors (Lipinski definition) is 5. The van der Waals surface area contributed by atoms with Gasteiger partial charge in [0, 0.05) is 52.3 Å². The van der Waals surface area contributed by atoms with Crippen LogP contribution in [0.5, 0.6) is 0 Å². The van der Waals surface area contributed by atoms with Gasteiger partial charge in [-0.25, -0.2) is 4.79 Å². The van der Waals surface area contributed by atoms with E-state index in [-0.39, 0.29) is 47.7 Å². The third kappa shape index (κ3) is 11.2. The summed E-state index contributed by atoms with van der Waals surface area (Å²) in [4.78, 5) is 56.8. The molecule has 4 amide bonds. The lowest BCUT2D eigenvalue weighted by Gasteiger charge is -2.43. The van der Waals surface area contributed by atoms with Gasteiger partial charge >= 0.3 is 6.09 Å². The van der Waals surface area contributed by atoms with Crippen molar-refractivity contribution in [1.29, 1.82) is 0 Å². The van der Waals surface area contributed by atoms with Crippen molar-refractivity contribution in [2.75, 3.05) is 29.0 Å². The van der Waals surface area contributed by atoms with E-state index in [0.717, 1.165) is 67.0 Å². The highest BCUT2D eigenvalue weighted by atomic mass is 16.6. The topological polar surface area (TPSA) is 117 Å². The molecule has 7 rings (SSSR count). The van der Waals surface area contributed by atoms with Gasteiger partial charge in [0.25, 0.3) is 17.7 Å². The number of rotatable bonds is 12. The quantitative estimate of drug-likeness (QED) is 0.113. The van der Waals surface area contributed by atoms with Crippen LogP contribution in [0.2, 0.25) is 0 Å². The van der Waals surface area contributed by atoms with Crippen molar-refractivity contribution < 1.29 is 23.9 Å². The Labute approximate surface area is 409 Å². The molecule has 0 aliphatic carbocycles. The molecular formula is C60H68N4O5. The molecule has 1 aliphatic heterocycles. The molecule has 6 aromatic rings. The number of likely N-dealkylation sites (tertiary alicyclic amines) is 1. The number of carbonyl (C=O) groups excluding carboxylic acids is 4. The first-order chi connectivity index (χ1) is 32.7. The van der Waals surface area contributed by atoms with Crippen molar-refractivity contribution in [3.63, 3.8) is 0 Å². The van der Waals surface area contributed by atoms with Gasteiger partial charge in [0.15, 0.2) is 0 Å². The Balaban J connectivity index is 1.16. The molecule has 1 saturated heterocycles. The second kappa shape index (κ2) is 20.7. The average Bonchev–Trinajstić information content (AvgIpc) is 3.32. The normalized spacial score (nSPS) is 13.6. The molecule has 6 aromatic carbocycles. The first-order valence-corrected chi connectivity index (χ1v) is 24.2. The fourth-order valence-electron chi connectivity index (χ4n) is 9.68. The van der Waals surface area contributed by atoms with Crippen molar-refractivity contribution in [2.24, 2.45) is 0 Å². The fraction of sp³-hybridized carbons (Fsp3) is 0.333. The Bertz CT molecular complexity index is 2790. The molecule has 1 aliphatic rings. The molecule has 0 atom stereocenters. The van der Waals surface area contributed by atoms with E-state index in [1.807, 2.05) is 88.4 Å². The zero-order chi connectivity index (χ0) is 49.8. The van der Waals surface area contributed by atoms with Crippen LogP contribution >= 0.6 is 0 Å². The van der Waals surface area contributed by atoms with E-state index in [1.54, 1.807) is 29.2 Å². The smallest absolute Gasteiger partial charge is 0.410 e. The Kier molecular flexibility index (Phi) is 15.0. The maximum Gasteiger partial charge on any atom is 0.410 e. The standard InChI is InChI=1S/C60H68N4O5/c1-37(2)50-21-16-22-51(38(3)4)54(50)63-57(67)46-20-15-19-45(35-46)56(66)62-53-41(7)33-49(34-42(53)8)60(27-29-64(30-28-60)58(68)69-36-43-17-13-12-14-18-43)48-31-39(5)52(40(6)32-48)61-55(65)44-23-25-47(26-24-44)59(9,10)11/h12-26,31-35,37-38H,27-30,36H2,1-11H3,(H,61,65)(H,62,66)(H,63,67). The molecule has 0 aromatic heterocycles. The van der Waals surface area contributed by atoms with Gasteiger partial charge in [0.05, 0.1) is 0 Å². The minimum Gasteiger partial charge on any atom is -0.445 e. The van der Waals surface area contributed by atoms with Gasteiger partial charge in [-0.1, -0.05) is 139 Å². The first-order valence-electron chi connectivity index (χ1n) is 24.2. The average molecular weight is 925 g/mol. The van der Waals surface area contributed by atoms with Crippen LogP contribution in [0.15, 0.2) is 121 Å². The summed E-state index contributed by atoms with van der Waals surface area (Å²) < 4.78 is 5.78. The molecule has 69 heavy (non-hydrogen) atoms. The summed E-state index contributed by atoms with van der Waals surface area (Å²) in [6, 6.07) is 39.1. The molecule has 0 spiro atoms. The van der Waals surface area contributed by atoms with E-state index in [4.69, 9.17) is 4.74 Å². The van der Waals surface area contributed by atoms with E-state index < -0.39 is 5.41 Å². The predicted molar refractivity (Wildman–Crippen MR) is 280 cm³/mol. The summed E-state index contributed by atoms with van der Waals surface area (Å²) in [5, 5.41) is 9.56. The van der Waals surface area contributed by atoms with Gasteiger partial charge in [0.2, 0.25) is 0 Å². The zero-order valence-corrected chi connectivity index (χ0v) is 42.2. The summed E-state index contributed by atoms with van der Waals surface area (Å²) >= 11 is 0. The molecule has 9 heteroatoms. The number of aryl methyl sites for hydroxylation is 4. The summed E-state index contributed by atoms with van der Waals surface area (Å²) in [5.74, 6) is -0.342. The molecule has 0 bridgehead atoms. The van der Waals surface area contributed by atoms with Gasteiger partial charge in [0.1, 0.15) is 6.61 Å². The minimum atomic E-state index is -0.513. The van der Waals surface area contributed by atoms with Gasteiger partial charge in [-0.3, -0.25) is 14.4 Å². The predicted octanol–water partition coefficient (Wildman–Crippen LogP) is 13.9. The lowest BCUT2D eigenvalue weighted by atomic mass is 9.67. The number of anilines is 3. The highest BCUT2D eigenvalue weighted by molar-refractivity contribution is 6.09. The lowest BCUT2D eigenvalue weighted by molar-refractivity contribution is 0.0812. The number of piperidine rings is 1. The first kappa shape index (κ1) is 49.9. The van der Waals surface area contributed by atoms with E-state index in [2.05, 4.69) is 101 Å². The Hall–Kier alpha value is -7.00. The van der Waals surface area contributed by atoms with Crippen LogP contribution < -0.4 is 16.0 Å². The van der Waals surface area contributed by atoms with Gasteiger partial charge < -0.3 is 25.6 Å². The number of carbonyl (C=O) groups is 4. The number of nitrogens with zero attached hydrogens (tertiary/aromatic N) is 1. The SMILES string of the molecule is Cc1cc(C2(c3cc(C)c(NC(=O)c4cccc(C(=O)Nc5c(C(C)C)cccc5C(C)C)c4)c(C)c3)CCN(C(=O)OCc3ccccc3)CC2)cc(C)c1NC(=O)c1ccc(C(C)(C)C)cc1. The van der Waals surface area contributed by atoms with Gasteiger partial charge in [-0.2, -0.15) is 0 Å². The third-order valence-electron chi connectivity index (χ3n) is 13.7. The molecule has 358 valence electrons. The molecular weight excluding hydrogens is 857 g/mol. The van der Waals surface area contributed by atoms with Crippen LogP contribution in [-0.4, -0.2) is 41.8 Å². The highest BCUT2D eigenvalue weighted by Gasteiger charge is 2.40. The van der Waals surface area contributed by atoms with Crippen LogP contribution in [0.1, 0.15) is 160 Å². The van der Waals surface area contributed by atoms with E-state index >= 15 is 0 Å². The van der Waals surface area contributed by atoms with Crippen LogP contribution in [0, 0.1) is 27.7 Å². The maximum absolute atomic E-state index is 14.1. The molecule has 0 unspecified atom stereocenters. The summed E-state index contributed by atoms with van der Waals surface area (Å²) in [5.41, 5.74) is 13.1. The Morgan fingerprint density at radius 1 is 0.551 bits per heavy atom. The summed E-state index contributed by atoms with van der Waals surface area (Å²) in [6.07, 6.45) is 0.900. The fourth-order valence-corrected chi connectivity index (χ4v) is 9.68. The molecule has 3 N–H and O–H groups in total. The van der Waals surface area contributed by atoms with E-state index in [9.17, 15) is 19.2 Å². The number of para-hydroxylation sites is 1. The molecule has 0 radical (unpaired) electrons. The molecule has 9 nitrogen and oxygen atoms in total. The van der Waals surface area contributed by atoms with Crippen LogP contribution in [0.4, 0.5) is 21.9 Å². The van der Waals surface area contributed by atoms with Crippen molar-refractivity contribution in [3.8, 4) is 0 Å². The minimum absolute atomic E-state index is 0.0229. The zero-order valence-electron chi connectivity index (χ0n) is 42.2. The largest absolute Gasteiger partial charge is 0.445 e. The van der Waals surface area contributed by atoms with Crippen molar-refractivity contribution >= 4 is 40.9 Å². The van der Waals surface area contributed by atoms with Crippen molar-refractivity contribution in [1.82, 2.24) is 4.90 Å². The second-order valence-electron chi connectivity index (χ2n) is 20.5. The summed E-state index contributed by atoms with van der Waals surface area (Å²) in [7, 11) is 0. The van der Waals surface area contributed by atoms with Crippen LogP contribution in [0.3, 0.4) is 0 Å². The lowest BCUT2D eigenvalue weighted by Crippen LogP contribution is -2.46. The third-order valence-corrected chi connectivity index (χ3v) is 13.7. The van der Waals surface area contributed by atoms with Crippen molar-refractivity contribution in [3.05, 3.63) is 194 Å². The monoisotopic (exact) mass is 925 g/mol. The summed E-state index contributed by atoms with van der Waals surface area (Å²) in [6.45, 7) is 24.1. The number of nitrogens with one attached hydrogen (secondary N) is 3. The number of benzene rings is 6. The molecule has 1 heterocycles. The van der Waals surface area contributed by atoms with Crippen LogP contribution in [-0.2, 0) is 22.2 Å². The number of hydrogen-bond donors (Lipinski definition) is 3. The van der Waals surface area contributed by atoms with Crippen molar-refractivity contribution in [2.45, 2.75) is 118 Å². The molecule has 1 fully saturated rings. The number of amides is 4. The van der Waals surface area contributed by atoms with Crippen LogP contribution in [0.25, 0.3) is 0 Å². The van der Waals surface area contributed by atoms with Gasteiger partial charge in [-0.15, -0.1) is 0 Å². The maximum atomic E-state index is 14.1.